The Morgan fingerprint density at radius 1 is 1.26 bits per heavy atom. The molecule has 0 fully saturated rings. The van der Waals surface area contributed by atoms with Crippen LogP contribution in [0.2, 0.25) is 0 Å². The maximum absolute atomic E-state index is 12.4. The van der Waals surface area contributed by atoms with Gasteiger partial charge in [0, 0.05) is 18.4 Å². The zero-order valence-corrected chi connectivity index (χ0v) is 13.6. The van der Waals surface area contributed by atoms with Crippen LogP contribution in [0.15, 0.2) is 42.7 Å². The zero-order valence-electron chi connectivity index (χ0n) is 13.6. The van der Waals surface area contributed by atoms with E-state index >= 15 is 0 Å². The van der Waals surface area contributed by atoms with Crippen LogP contribution < -0.4 is 5.32 Å². The van der Waals surface area contributed by atoms with Crippen LogP contribution >= 0.6 is 0 Å². The number of H-pyrrole nitrogens is 1. The lowest BCUT2D eigenvalue weighted by Crippen LogP contribution is -2.25. The highest BCUT2D eigenvalue weighted by atomic mass is 16.1. The van der Waals surface area contributed by atoms with Crippen LogP contribution in [0, 0.1) is 13.8 Å². The second-order valence-corrected chi connectivity index (χ2v) is 5.69. The molecular weight excluding hydrogens is 288 g/mol. The number of amides is 1. The van der Waals surface area contributed by atoms with E-state index in [1.165, 1.54) is 5.56 Å². The minimum Gasteiger partial charge on any atom is -0.348 e. The SMILES string of the molecule is Cc1cccc(-c2ccc(C(=O)NCc3nc[nH]c3C)n2C)c1. The number of nitrogens with zero attached hydrogens (tertiary/aromatic N) is 2. The van der Waals surface area contributed by atoms with Crippen LogP contribution in [0.25, 0.3) is 11.3 Å². The van der Waals surface area contributed by atoms with Gasteiger partial charge in [0.25, 0.3) is 5.91 Å². The van der Waals surface area contributed by atoms with Crippen LogP contribution in [0.5, 0.6) is 0 Å². The molecule has 1 aromatic carbocycles. The van der Waals surface area contributed by atoms with Crippen molar-refractivity contribution in [3.63, 3.8) is 0 Å². The largest absolute Gasteiger partial charge is 0.348 e. The third-order valence-corrected chi connectivity index (χ3v) is 4.02. The monoisotopic (exact) mass is 308 g/mol. The van der Waals surface area contributed by atoms with Crippen LogP contribution in [0.3, 0.4) is 0 Å². The van der Waals surface area contributed by atoms with E-state index < -0.39 is 0 Å². The first-order valence-corrected chi connectivity index (χ1v) is 7.56. The number of benzene rings is 1. The van der Waals surface area contributed by atoms with E-state index in [4.69, 9.17) is 0 Å². The Bertz CT molecular complexity index is 844. The molecule has 0 radical (unpaired) electrons. The summed E-state index contributed by atoms with van der Waals surface area (Å²) in [6.07, 6.45) is 1.63. The molecular formula is C18H20N4O. The number of aryl methyl sites for hydroxylation is 2. The predicted molar refractivity (Wildman–Crippen MR) is 90.1 cm³/mol. The number of aromatic amines is 1. The number of carbonyl (C=O) groups excluding carboxylic acids is 1. The van der Waals surface area contributed by atoms with E-state index in [1.807, 2.05) is 36.7 Å². The molecule has 118 valence electrons. The van der Waals surface area contributed by atoms with E-state index in [2.05, 4.69) is 40.4 Å². The lowest BCUT2D eigenvalue weighted by atomic mass is 10.1. The van der Waals surface area contributed by atoms with E-state index in [1.54, 1.807) is 6.33 Å². The first kappa shape index (κ1) is 15.1. The molecule has 0 bridgehead atoms. The lowest BCUT2D eigenvalue weighted by Gasteiger charge is -2.09. The van der Waals surface area contributed by atoms with E-state index in [0.717, 1.165) is 22.6 Å². The summed E-state index contributed by atoms with van der Waals surface area (Å²) < 4.78 is 1.92. The Labute approximate surface area is 135 Å². The van der Waals surface area contributed by atoms with Crippen molar-refractivity contribution in [2.45, 2.75) is 20.4 Å². The van der Waals surface area contributed by atoms with Crippen molar-refractivity contribution in [2.75, 3.05) is 0 Å². The topological polar surface area (TPSA) is 62.7 Å². The highest BCUT2D eigenvalue weighted by Crippen LogP contribution is 2.22. The summed E-state index contributed by atoms with van der Waals surface area (Å²) in [6, 6.07) is 12.1. The number of rotatable bonds is 4. The summed E-state index contributed by atoms with van der Waals surface area (Å²) in [6.45, 7) is 4.41. The molecule has 0 aliphatic rings. The summed E-state index contributed by atoms with van der Waals surface area (Å²) in [4.78, 5) is 19.6. The molecule has 3 aromatic rings. The molecule has 0 atom stereocenters. The number of hydrogen-bond donors (Lipinski definition) is 2. The number of nitrogens with one attached hydrogen (secondary N) is 2. The Kier molecular flexibility index (Phi) is 4.02. The van der Waals surface area contributed by atoms with Gasteiger partial charge in [-0.1, -0.05) is 23.8 Å². The van der Waals surface area contributed by atoms with Gasteiger partial charge in [-0.3, -0.25) is 4.79 Å². The van der Waals surface area contributed by atoms with E-state index in [0.29, 0.717) is 12.2 Å². The van der Waals surface area contributed by atoms with Crippen molar-refractivity contribution in [3.05, 3.63) is 65.4 Å². The van der Waals surface area contributed by atoms with Gasteiger partial charge >= 0.3 is 0 Å². The van der Waals surface area contributed by atoms with Gasteiger partial charge < -0.3 is 14.9 Å². The highest BCUT2D eigenvalue weighted by molar-refractivity contribution is 5.93. The van der Waals surface area contributed by atoms with Crippen molar-refractivity contribution >= 4 is 5.91 Å². The highest BCUT2D eigenvalue weighted by Gasteiger charge is 2.14. The molecule has 23 heavy (non-hydrogen) atoms. The molecule has 2 N–H and O–H groups in total. The fourth-order valence-corrected chi connectivity index (χ4v) is 2.65. The summed E-state index contributed by atoms with van der Waals surface area (Å²) in [5, 5.41) is 2.92. The normalized spacial score (nSPS) is 10.7. The molecule has 5 nitrogen and oxygen atoms in total. The van der Waals surface area contributed by atoms with Gasteiger partial charge in [0.05, 0.1) is 18.6 Å². The fraction of sp³-hybridized carbons (Fsp3) is 0.222. The smallest absolute Gasteiger partial charge is 0.268 e. The van der Waals surface area contributed by atoms with E-state index in [-0.39, 0.29) is 5.91 Å². The number of aromatic nitrogens is 3. The Hall–Kier alpha value is -2.82. The van der Waals surface area contributed by atoms with Crippen molar-refractivity contribution in [2.24, 2.45) is 7.05 Å². The minimum absolute atomic E-state index is 0.103. The van der Waals surface area contributed by atoms with Crippen LogP contribution in [-0.2, 0) is 13.6 Å². The average molecular weight is 308 g/mol. The summed E-state index contributed by atoms with van der Waals surface area (Å²) in [7, 11) is 1.91. The average Bonchev–Trinajstić information content (AvgIpc) is 3.11. The molecule has 2 aromatic heterocycles. The third kappa shape index (κ3) is 3.04. The minimum atomic E-state index is -0.103. The molecule has 0 aliphatic heterocycles. The number of hydrogen-bond acceptors (Lipinski definition) is 2. The molecule has 0 spiro atoms. The summed E-state index contributed by atoms with van der Waals surface area (Å²) in [5.74, 6) is -0.103. The fourth-order valence-electron chi connectivity index (χ4n) is 2.65. The van der Waals surface area contributed by atoms with Crippen molar-refractivity contribution in [3.8, 4) is 11.3 Å². The maximum atomic E-state index is 12.4. The molecule has 5 heteroatoms. The summed E-state index contributed by atoms with van der Waals surface area (Å²) >= 11 is 0. The number of imidazole rings is 1. The lowest BCUT2D eigenvalue weighted by molar-refractivity contribution is 0.0942. The quantitative estimate of drug-likeness (QED) is 0.778. The van der Waals surface area contributed by atoms with Crippen molar-refractivity contribution in [1.82, 2.24) is 19.9 Å². The molecule has 1 amide bonds. The second-order valence-electron chi connectivity index (χ2n) is 5.69. The van der Waals surface area contributed by atoms with Gasteiger partial charge in [-0.2, -0.15) is 0 Å². The molecule has 0 saturated carbocycles. The molecule has 0 unspecified atom stereocenters. The van der Waals surface area contributed by atoms with E-state index in [9.17, 15) is 4.79 Å². The molecule has 2 heterocycles. The Balaban J connectivity index is 1.78. The molecule has 0 aliphatic carbocycles. The standard InChI is InChI=1S/C18H20N4O/c1-12-5-4-6-14(9-12)16-7-8-17(22(16)3)18(23)19-10-15-13(2)20-11-21-15/h4-9,11H,10H2,1-3H3,(H,19,23)(H,20,21). The van der Waals surface area contributed by atoms with Crippen LogP contribution in [0.4, 0.5) is 0 Å². The van der Waals surface area contributed by atoms with Crippen molar-refractivity contribution < 1.29 is 4.79 Å². The van der Waals surface area contributed by atoms with Crippen LogP contribution in [0.1, 0.15) is 27.4 Å². The Morgan fingerprint density at radius 2 is 2.09 bits per heavy atom. The van der Waals surface area contributed by atoms with Gasteiger partial charge in [-0.25, -0.2) is 4.98 Å². The predicted octanol–water partition coefficient (Wildman–Crippen LogP) is 2.96. The van der Waals surface area contributed by atoms with Gasteiger partial charge in [-0.05, 0) is 37.6 Å². The number of carbonyl (C=O) groups is 1. The Morgan fingerprint density at radius 3 is 2.78 bits per heavy atom. The maximum Gasteiger partial charge on any atom is 0.268 e. The third-order valence-electron chi connectivity index (χ3n) is 4.02. The first-order valence-electron chi connectivity index (χ1n) is 7.56. The second kappa shape index (κ2) is 6.12. The molecule has 0 saturated heterocycles. The van der Waals surface area contributed by atoms with Crippen LogP contribution in [-0.4, -0.2) is 20.4 Å². The van der Waals surface area contributed by atoms with Crippen molar-refractivity contribution in [1.29, 1.82) is 0 Å². The van der Waals surface area contributed by atoms with Gasteiger partial charge in [0.15, 0.2) is 0 Å². The van der Waals surface area contributed by atoms with Gasteiger partial charge in [-0.15, -0.1) is 0 Å². The van der Waals surface area contributed by atoms with Gasteiger partial charge in [0.2, 0.25) is 0 Å². The molecule has 3 rings (SSSR count). The van der Waals surface area contributed by atoms with Gasteiger partial charge in [0.1, 0.15) is 5.69 Å². The zero-order chi connectivity index (χ0) is 16.4. The summed E-state index contributed by atoms with van der Waals surface area (Å²) in [5.41, 5.74) is 5.78. The first-order chi connectivity index (χ1) is 11.1.